The van der Waals surface area contributed by atoms with Crippen molar-refractivity contribution in [3.63, 3.8) is 0 Å². The number of alkyl halides is 2. The SMILES string of the molecule is Fc1cc(Br)ccc1-c1cc(F)c(C(F)(F)Oc2ccc(I)cc2)c(F)c1. The molecule has 0 aliphatic heterocycles. The van der Waals surface area contributed by atoms with Gasteiger partial charge in [-0.25, -0.2) is 13.2 Å². The average Bonchev–Trinajstić information content (AvgIpc) is 2.55. The Balaban J connectivity index is 2.00. The normalized spacial score (nSPS) is 11.5. The number of rotatable bonds is 4. The van der Waals surface area contributed by atoms with Gasteiger partial charge in [0.2, 0.25) is 0 Å². The zero-order valence-electron chi connectivity index (χ0n) is 13.3. The van der Waals surface area contributed by atoms with Crippen LogP contribution in [-0.2, 0) is 6.11 Å². The Kier molecular flexibility index (Phi) is 5.76. The van der Waals surface area contributed by atoms with E-state index in [1.54, 1.807) is 0 Å². The fraction of sp³-hybridized carbons (Fsp3) is 0.0526. The lowest BCUT2D eigenvalue weighted by molar-refractivity contribution is -0.189. The molecule has 0 unspecified atom stereocenters. The molecule has 0 radical (unpaired) electrons. The molecule has 0 aliphatic rings. The molecule has 0 fully saturated rings. The second-order valence-corrected chi connectivity index (χ2v) is 7.67. The van der Waals surface area contributed by atoms with Crippen LogP contribution in [0.5, 0.6) is 5.75 Å². The molecule has 140 valence electrons. The summed E-state index contributed by atoms with van der Waals surface area (Å²) in [7, 11) is 0. The summed E-state index contributed by atoms with van der Waals surface area (Å²) in [6, 6.07) is 10.7. The molecule has 27 heavy (non-hydrogen) atoms. The molecule has 3 aromatic carbocycles. The summed E-state index contributed by atoms with van der Waals surface area (Å²) in [5, 5.41) is 0. The van der Waals surface area contributed by atoms with Crippen LogP contribution in [0.4, 0.5) is 22.0 Å². The van der Waals surface area contributed by atoms with E-state index in [9.17, 15) is 22.0 Å². The first kappa shape index (κ1) is 20.1. The molecule has 0 atom stereocenters. The molecule has 0 aromatic heterocycles. The van der Waals surface area contributed by atoms with E-state index >= 15 is 0 Å². The van der Waals surface area contributed by atoms with Gasteiger partial charge in [0, 0.05) is 13.6 Å². The van der Waals surface area contributed by atoms with Crippen molar-refractivity contribution in [3.05, 3.63) is 85.7 Å². The van der Waals surface area contributed by atoms with Gasteiger partial charge in [-0.05, 0) is 76.7 Å². The lowest BCUT2D eigenvalue weighted by Gasteiger charge is -2.20. The molecule has 1 nitrogen and oxygen atoms in total. The Bertz CT molecular complexity index is 969. The van der Waals surface area contributed by atoms with Crippen molar-refractivity contribution in [1.29, 1.82) is 0 Å². The lowest BCUT2D eigenvalue weighted by Crippen LogP contribution is -2.25. The van der Waals surface area contributed by atoms with Crippen molar-refractivity contribution in [3.8, 4) is 16.9 Å². The van der Waals surface area contributed by atoms with Gasteiger partial charge in [-0.2, -0.15) is 8.78 Å². The number of ether oxygens (including phenoxy) is 1. The highest BCUT2D eigenvalue weighted by atomic mass is 127. The molecule has 0 spiro atoms. The van der Waals surface area contributed by atoms with Crippen LogP contribution in [0, 0.1) is 21.0 Å². The third-order valence-electron chi connectivity index (χ3n) is 3.63. The molecular formula is C19H9BrF5IO. The number of benzene rings is 3. The van der Waals surface area contributed by atoms with E-state index in [0.29, 0.717) is 16.6 Å². The summed E-state index contributed by atoms with van der Waals surface area (Å²) >= 11 is 5.04. The summed E-state index contributed by atoms with van der Waals surface area (Å²) in [6.45, 7) is 0. The van der Waals surface area contributed by atoms with E-state index in [-0.39, 0.29) is 16.9 Å². The first-order valence-corrected chi connectivity index (χ1v) is 9.32. The monoisotopic (exact) mass is 554 g/mol. The van der Waals surface area contributed by atoms with Gasteiger partial charge >= 0.3 is 6.11 Å². The van der Waals surface area contributed by atoms with Gasteiger partial charge in [0.05, 0.1) is 0 Å². The highest BCUT2D eigenvalue weighted by Crippen LogP contribution is 2.37. The maximum absolute atomic E-state index is 14.3. The van der Waals surface area contributed by atoms with Gasteiger partial charge in [-0.3, -0.25) is 0 Å². The van der Waals surface area contributed by atoms with Crippen molar-refractivity contribution >= 4 is 38.5 Å². The third-order valence-corrected chi connectivity index (χ3v) is 4.85. The van der Waals surface area contributed by atoms with E-state index in [2.05, 4.69) is 20.7 Å². The molecule has 0 saturated heterocycles. The van der Waals surface area contributed by atoms with Gasteiger partial charge in [0.15, 0.2) is 0 Å². The lowest BCUT2D eigenvalue weighted by atomic mass is 10.0. The third kappa shape index (κ3) is 4.43. The van der Waals surface area contributed by atoms with Gasteiger partial charge in [-0.15, -0.1) is 0 Å². The van der Waals surface area contributed by atoms with Crippen LogP contribution in [0.2, 0.25) is 0 Å². The summed E-state index contributed by atoms with van der Waals surface area (Å²) in [5.41, 5.74) is -1.87. The fourth-order valence-corrected chi connectivity index (χ4v) is 3.12. The first-order chi connectivity index (χ1) is 12.7. The summed E-state index contributed by atoms with van der Waals surface area (Å²) in [6.07, 6.45) is -4.25. The minimum atomic E-state index is -4.25. The zero-order chi connectivity index (χ0) is 19.8. The van der Waals surface area contributed by atoms with Gasteiger partial charge in [0.25, 0.3) is 0 Å². The van der Waals surface area contributed by atoms with Crippen molar-refractivity contribution in [2.45, 2.75) is 6.11 Å². The smallest absolute Gasteiger partial charge is 0.429 e. The van der Waals surface area contributed by atoms with Crippen LogP contribution >= 0.6 is 38.5 Å². The maximum Gasteiger partial charge on any atom is 0.432 e. The highest BCUT2D eigenvalue weighted by Gasteiger charge is 2.41. The Morgan fingerprint density at radius 1 is 0.815 bits per heavy atom. The van der Waals surface area contributed by atoms with Crippen LogP contribution < -0.4 is 4.74 Å². The molecule has 0 amide bonds. The van der Waals surface area contributed by atoms with Gasteiger partial charge in [-0.1, -0.05) is 22.0 Å². The second kappa shape index (κ2) is 7.75. The van der Waals surface area contributed by atoms with Crippen molar-refractivity contribution < 1.29 is 26.7 Å². The van der Waals surface area contributed by atoms with E-state index < -0.39 is 29.1 Å². The highest BCUT2D eigenvalue weighted by molar-refractivity contribution is 14.1. The number of halogens is 7. The van der Waals surface area contributed by atoms with Crippen LogP contribution in [0.3, 0.4) is 0 Å². The van der Waals surface area contributed by atoms with E-state index in [0.717, 1.165) is 9.64 Å². The van der Waals surface area contributed by atoms with Crippen molar-refractivity contribution in [2.24, 2.45) is 0 Å². The quantitative estimate of drug-likeness (QED) is 0.243. The topological polar surface area (TPSA) is 9.23 Å². The molecule has 3 rings (SSSR count). The van der Waals surface area contributed by atoms with Crippen LogP contribution in [0.15, 0.2) is 59.1 Å². The minimum absolute atomic E-state index is 0.121. The molecule has 8 heteroatoms. The average molecular weight is 555 g/mol. The minimum Gasteiger partial charge on any atom is -0.429 e. The Morgan fingerprint density at radius 3 is 1.96 bits per heavy atom. The van der Waals surface area contributed by atoms with Crippen LogP contribution in [0.25, 0.3) is 11.1 Å². The van der Waals surface area contributed by atoms with Crippen LogP contribution in [-0.4, -0.2) is 0 Å². The van der Waals surface area contributed by atoms with Crippen molar-refractivity contribution in [1.82, 2.24) is 0 Å². The van der Waals surface area contributed by atoms with Gasteiger partial charge in [0.1, 0.15) is 28.8 Å². The molecule has 0 heterocycles. The molecule has 3 aromatic rings. The first-order valence-electron chi connectivity index (χ1n) is 7.45. The fourth-order valence-electron chi connectivity index (χ4n) is 2.43. The molecule has 0 bridgehead atoms. The largest absolute Gasteiger partial charge is 0.432 e. The molecule has 0 N–H and O–H groups in total. The summed E-state index contributed by atoms with van der Waals surface area (Å²) in [5.74, 6) is -4.08. The zero-order valence-corrected chi connectivity index (χ0v) is 17.0. The summed E-state index contributed by atoms with van der Waals surface area (Å²) < 4.78 is 77.1. The molecular weight excluding hydrogens is 546 g/mol. The Morgan fingerprint density at radius 2 is 1.41 bits per heavy atom. The standard InChI is InChI=1S/C19H9BrF5IO/c20-11-1-6-14(15(21)9-11)10-7-16(22)18(17(23)8-10)19(24,25)27-13-4-2-12(26)3-5-13/h1-9H. The second-order valence-electron chi connectivity index (χ2n) is 5.51. The van der Waals surface area contributed by atoms with E-state index in [1.807, 2.05) is 22.6 Å². The maximum atomic E-state index is 14.3. The molecule has 0 aliphatic carbocycles. The molecule has 0 saturated carbocycles. The number of hydrogen-bond donors (Lipinski definition) is 0. The summed E-state index contributed by atoms with van der Waals surface area (Å²) in [4.78, 5) is 0. The van der Waals surface area contributed by atoms with Gasteiger partial charge < -0.3 is 4.74 Å². The van der Waals surface area contributed by atoms with Crippen LogP contribution in [0.1, 0.15) is 5.56 Å². The van der Waals surface area contributed by atoms with E-state index in [4.69, 9.17) is 0 Å². The predicted molar refractivity (Wildman–Crippen MR) is 103 cm³/mol. The Labute approximate surface area is 173 Å². The predicted octanol–water partition coefficient (Wildman–Crippen LogP) is 7.27. The number of hydrogen-bond acceptors (Lipinski definition) is 1. The van der Waals surface area contributed by atoms with Crippen molar-refractivity contribution in [2.75, 3.05) is 0 Å². The van der Waals surface area contributed by atoms with E-state index in [1.165, 1.54) is 36.4 Å². The Hall–Kier alpha value is -1.68.